The van der Waals surface area contributed by atoms with Crippen molar-refractivity contribution < 1.29 is 27.2 Å². The molecule has 1 aromatic heterocycles. The van der Waals surface area contributed by atoms with Crippen molar-refractivity contribution in [2.45, 2.75) is 41.5 Å². The Bertz CT molecular complexity index is 1550. The highest BCUT2D eigenvalue weighted by Crippen LogP contribution is 2.38. The van der Waals surface area contributed by atoms with Crippen LogP contribution in [0.25, 0.3) is 32.7 Å². The molecule has 9 nitrogen and oxygen atoms in total. The SMILES string of the molecule is CC(C)(C)C(=O)Nc1ccc(-c2cc(=O)c3c(NC(=O)C(C)(C)C)c(F)c(N=[N+]=[N-])c(F)c3o2)cc1F. The summed E-state index contributed by atoms with van der Waals surface area (Å²) in [5.41, 5.74) is 3.25. The number of anilines is 2. The first kappa shape index (κ1) is 27.3. The lowest BCUT2D eigenvalue weighted by molar-refractivity contribution is -0.123. The Kier molecular flexibility index (Phi) is 7.10. The number of carbonyl (C=O) groups excluding carboxylic acids is 2. The standard InChI is InChI=1S/C25H24F3N5O4/c1-24(2,3)22(35)30-13-8-7-11(9-12(13)26)15-10-14(34)16-19(31-23(36)25(4,5)6)17(27)20(32-33-29)18(28)21(16)37-15/h7-10H,1-6H3,(H,30,35)(H,31,36). The van der Waals surface area contributed by atoms with Crippen molar-refractivity contribution in [3.63, 3.8) is 0 Å². The van der Waals surface area contributed by atoms with Gasteiger partial charge in [0.25, 0.3) is 0 Å². The van der Waals surface area contributed by atoms with E-state index in [1.54, 1.807) is 20.8 Å². The fourth-order valence-electron chi connectivity index (χ4n) is 3.09. The summed E-state index contributed by atoms with van der Waals surface area (Å²) >= 11 is 0. The maximum atomic E-state index is 15.2. The number of rotatable bonds is 4. The molecule has 194 valence electrons. The first-order chi connectivity index (χ1) is 17.1. The Balaban J connectivity index is 2.22. The first-order valence-electron chi connectivity index (χ1n) is 11.0. The molecule has 1 heterocycles. The average molecular weight is 515 g/mol. The van der Waals surface area contributed by atoms with Crippen LogP contribution in [0.15, 0.2) is 38.6 Å². The van der Waals surface area contributed by atoms with Gasteiger partial charge in [0, 0.05) is 27.4 Å². The Morgan fingerprint density at radius 2 is 1.54 bits per heavy atom. The molecule has 0 radical (unpaired) electrons. The van der Waals surface area contributed by atoms with Crippen LogP contribution in [0.4, 0.5) is 30.2 Å². The zero-order valence-electron chi connectivity index (χ0n) is 20.9. The number of fused-ring (bicyclic) bond motifs is 1. The van der Waals surface area contributed by atoms with Crippen LogP contribution in [0, 0.1) is 28.3 Å². The lowest BCUT2D eigenvalue weighted by Crippen LogP contribution is -2.28. The van der Waals surface area contributed by atoms with Gasteiger partial charge >= 0.3 is 0 Å². The molecule has 37 heavy (non-hydrogen) atoms. The molecule has 2 N–H and O–H groups in total. The predicted molar refractivity (Wildman–Crippen MR) is 133 cm³/mol. The summed E-state index contributed by atoms with van der Waals surface area (Å²) in [6.45, 7) is 9.55. The van der Waals surface area contributed by atoms with Crippen LogP contribution in [-0.4, -0.2) is 11.8 Å². The van der Waals surface area contributed by atoms with E-state index in [-0.39, 0.29) is 17.0 Å². The van der Waals surface area contributed by atoms with Crippen molar-refractivity contribution in [3.05, 3.63) is 62.4 Å². The van der Waals surface area contributed by atoms with E-state index in [9.17, 15) is 18.8 Å². The number of benzene rings is 2. The average Bonchev–Trinajstić information content (AvgIpc) is 2.79. The zero-order chi connectivity index (χ0) is 27.9. The third kappa shape index (κ3) is 5.44. The van der Waals surface area contributed by atoms with Crippen LogP contribution in [-0.2, 0) is 9.59 Å². The molecular formula is C25H24F3N5O4. The van der Waals surface area contributed by atoms with Crippen LogP contribution in [0.1, 0.15) is 41.5 Å². The first-order valence-corrected chi connectivity index (χ1v) is 11.0. The van der Waals surface area contributed by atoms with Crippen molar-refractivity contribution in [1.82, 2.24) is 0 Å². The second kappa shape index (κ2) is 9.62. The Morgan fingerprint density at radius 3 is 2.08 bits per heavy atom. The van der Waals surface area contributed by atoms with Crippen molar-refractivity contribution in [1.29, 1.82) is 0 Å². The molecule has 0 aliphatic heterocycles. The van der Waals surface area contributed by atoms with E-state index in [0.717, 1.165) is 12.1 Å². The summed E-state index contributed by atoms with van der Waals surface area (Å²) in [5, 5.41) is 7.06. The van der Waals surface area contributed by atoms with Crippen LogP contribution >= 0.6 is 0 Å². The summed E-state index contributed by atoms with van der Waals surface area (Å²) in [4.78, 5) is 40.1. The molecule has 0 aliphatic rings. The summed E-state index contributed by atoms with van der Waals surface area (Å²) in [6.07, 6.45) is 0. The molecule has 3 rings (SSSR count). The molecule has 2 amide bonds. The molecule has 3 aromatic rings. The molecule has 0 unspecified atom stereocenters. The predicted octanol–water partition coefficient (Wildman–Crippen LogP) is 6.79. The second-order valence-electron chi connectivity index (χ2n) is 10.3. The van der Waals surface area contributed by atoms with Gasteiger partial charge < -0.3 is 15.1 Å². The van der Waals surface area contributed by atoms with Gasteiger partial charge in [-0.15, -0.1) is 0 Å². The summed E-state index contributed by atoms with van der Waals surface area (Å²) in [7, 11) is 0. The van der Waals surface area contributed by atoms with E-state index >= 15 is 8.78 Å². The van der Waals surface area contributed by atoms with Crippen molar-refractivity contribution in [2.24, 2.45) is 15.9 Å². The zero-order valence-corrected chi connectivity index (χ0v) is 20.9. The number of nitrogens with zero attached hydrogens (tertiary/aromatic N) is 3. The van der Waals surface area contributed by atoms with Crippen molar-refractivity contribution in [2.75, 3.05) is 10.6 Å². The maximum absolute atomic E-state index is 15.2. The van der Waals surface area contributed by atoms with Crippen molar-refractivity contribution in [3.8, 4) is 11.3 Å². The normalized spacial score (nSPS) is 11.7. The fraction of sp³-hybridized carbons (Fsp3) is 0.320. The quantitative estimate of drug-likeness (QED) is 0.224. The number of hydrogen-bond donors (Lipinski definition) is 2. The molecule has 0 bridgehead atoms. The van der Waals surface area contributed by atoms with E-state index in [1.165, 1.54) is 32.9 Å². The molecule has 0 aliphatic carbocycles. The van der Waals surface area contributed by atoms with E-state index in [2.05, 4.69) is 20.7 Å². The Labute approximate surface area is 209 Å². The van der Waals surface area contributed by atoms with Gasteiger partial charge in [-0.3, -0.25) is 14.4 Å². The maximum Gasteiger partial charge on any atom is 0.229 e. The van der Waals surface area contributed by atoms with Gasteiger partial charge in [0.1, 0.15) is 17.3 Å². The highest BCUT2D eigenvalue weighted by atomic mass is 19.1. The monoisotopic (exact) mass is 515 g/mol. The number of halogens is 3. The second-order valence-corrected chi connectivity index (χ2v) is 10.3. The Morgan fingerprint density at radius 1 is 0.946 bits per heavy atom. The number of hydrogen-bond acceptors (Lipinski definition) is 5. The van der Waals surface area contributed by atoms with E-state index < -0.39 is 67.9 Å². The lowest BCUT2D eigenvalue weighted by Gasteiger charge is -2.19. The summed E-state index contributed by atoms with van der Waals surface area (Å²) in [6, 6.07) is 4.40. The minimum absolute atomic E-state index is 0.000376. The minimum atomic E-state index is -1.48. The molecule has 0 fully saturated rings. The van der Waals surface area contributed by atoms with Gasteiger partial charge in [0.15, 0.2) is 22.6 Å². The topological polar surface area (TPSA) is 137 Å². The van der Waals surface area contributed by atoms with Crippen molar-refractivity contribution >= 4 is 39.8 Å². The minimum Gasteiger partial charge on any atom is -0.453 e. The molecule has 2 aromatic carbocycles. The molecular weight excluding hydrogens is 491 g/mol. The highest BCUT2D eigenvalue weighted by Gasteiger charge is 2.29. The molecule has 0 saturated heterocycles. The lowest BCUT2D eigenvalue weighted by atomic mass is 9.95. The molecule has 0 atom stereocenters. The van der Waals surface area contributed by atoms with Crippen LogP contribution in [0.3, 0.4) is 0 Å². The summed E-state index contributed by atoms with van der Waals surface area (Å²) < 4.78 is 50.5. The third-order valence-corrected chi connectivity index (χ3v) is 5.28. The fourth-order valence-corrected chi connectivity index (χ4v) is 3.09. The van der Waals surface area contributed by atoms with Gasteiger partial charge in [-0.2, -0.15) is 0 Å². The van der Waals surface area contributed by atoms with Gasteiger partial charge in [-0.05, 0) is 23.7 Å². The highest BCUT2D eigenvalue weighted by molar-refractivity contribution is 6.04. The molecule has 0 spiro atoms. The number of azide groups is 1. The smallest absolute Gasteiger partial charge is 0.229 e. The van der Waals surface area contributed by atoms with E-state index in [1.807, 2.05) is 0 Å². The van der Waals surface area contributed by atoms with E-state index in [4.69, 9.17) is 9.95 Å². The van der Waals surface area contributed by atoms with Gasteiger partial charge in [-0.1, -0.05) is 46.7 Å². The number of carbonyl (C=O) groups is 2. The number of amides is 2. The van der Waals surface area contributed by atoms with E-state index in [0.29, 0.717) is 0 Å². The largest absolute Gasteiger partial charge is 0.453 e. The molecule has 12 heteroatoms. The Hall–Kier alpha value is -4.31. The van der Waals surface area contributed by atoms with Crippen LogP contribution in [0.5, 0.6) is 0 Å². The number of nitrogens with one attached hydrogen (secondary N) is 2. The van der Waals surface area contributed by atoms with Gasteiger partial charge in [-0.25, -0.2) is 13.2 Å². The summed E-state index contributed by atoms with van der Waals surface area (Å²) in [5.74, 6) is -5.22. The molecule has 0 saturated carbocycles. The van der Waals surface area contributed by atoms with Crippen LogP contribution in [0.2, 0.25) is 0 Å². The van der Waals surface area contributed by atoms with Gasteiger partial charge in [0.05, 0.1) is 16.8 Å². The third-order valence-electron chi connectivity index (χ3n) is 5.28. The van der Waals surface area contributed by atoms with Gasteiger partial charge in [0.2, 0.25) is 11.8 Å². The van der Waals surface area contributed by atoms with Crippen LogP contribution < -0.4 is 16.1 Å².